The average Bonchev–Trinajstić information content (AvgIpc) is 2.58. The molecule has 1 aliphatic heterocycles. The van der Waals surface area contributed by atoms with Crippen molar-refractivity contribution in [3.05, 3.63) is 29.8 Å². The lowest BCUT2D eigenvalue weighted by molar-refractivity contribution is 0.288. The van der Waals surface area contributed by atoms with Crippen molar-refractivity contribution >= 4 is 24.3 Å². The van der Waals surface area contributed by atoms with E-state index in [1.165, 1.54) is 17.9 Å². The Balaban J connectivity index is 2.06. The highest BCUT2D eigenvalue weighted by atomic mass is 32.2. The second-order valence-corrected chi connectivity index (χ2v) is 5.54. The first-order valence-electron chi connectivity index (χ1n) is 6.01. The summed E-state index contributed by atoms with van der Waals surface area (Å²) in [6.07, 6.45) is 1.22. The lowest BCUT2D eigenvalue weighted by atomic mass is 9.77. The van der Waals surface area contributed by atoms with Crippen LogP contribution in [0.25, 0.3) is 0 Å². The molecule has 0 aliphatic carbocycles. The third-order valence-corrected chi connectivity index (χ3v) is 4.09. The van der Waals surface area contributed by atoms with Gasteiger partial charge >= 0.3 is 7.12 Å². The highest BCUT2D eigenvalue weighted by molar-refractivity contribution is 7.99. The summed E-state index contributed by atoms with van der Waals surface area (Å²) in [4.78, 5) is 2.39. The van der Waals surface area contributed by atoms with Gasteiger partial charge in [-0.2, -0.15) is 11.8 Å². The zero-order valence-electron chi connectivity index (χ0n) is 9.88. The van der Waals surface area contributed by atoms with E-state index in [-0.39, 0.29) is 0 Å². The molecule has 3 nitrogen and oxygen atoms in total. The van der Waals surface area contributed by atoms with Gasteiger partial charge < -0.3 is 10.0 Å². The Morgan fingerprint density at radius 1 is 1.18 bits per heavy atom. The predicted octanol–water partition coefficient (Wildman–Crippen LogP) is 0.305. The molecule has 0 radical (unpaired) electrons. The van der Waals surface area contributed by atoms with E-state index in [1.54, 1.807) is 6.07 Å². The molecule has 1 saturated heterocycles. The van der Waals surface area contributed by atoms with Gasteiger partial charge in [-0.3, -0.25) is 4.90 Å². The van der Waals surface area contributed by atoms with E-state index < -0.39 is 7.12 Å². The van der Waals surface area contributed by atoms with Crippen LogP contribution in [0.4, 0.5) is 0 Å². The largest absolute Gasteiger partial charge is 0.488 e. The monoisotopic (exact) mass is 251 g/mol. The van der Waals surface area contributed by atoms with E-state index in [0.29, 0.717) is 5.46 Å². The highest BCUT2D eigenvalue weighted by Gasteiger charge is 2.17. The number of rotatable bonds is 3. The maximum atomic E-state index is 9.32. The van der Waals surface area contributed by atoms with E-state index in [0.717, 1.165) is 25.2 Å². The van der Waals surface area contributed by atoms with Gasteiger partial charge in [0, 0.05) is 18.8 Å². The van der Waals surface area contributed by atoms with Gasteiger partial charge in [-0.15, -0.1) is 0 Å². The van der Waals surface area contributed by atoms with Crippen molar-refractivity contribution in [3.8, 4) is 0 Å². The van der Waals surface area contributed by atoms with Crippen LogP contribution in [0.5, 0.6) is 0 Å². The van der Waals surface area contributed by atoms with Crippen LogP contribution in [0, 0.1) is 0 Å². The SMILES string of the molecule is OB(O)c1ccccc1CN1CCCSCC1. The van der Waals surface area contributed by atoms with Crippen LogP contribution in [0.3, 0.4) is 0 Å². The molecule has 1 aromatic rings. The molecular weight excluding hydrogens is 233 g/mol. The second kappa shape index (κ2) is 6.45. The minimum Gasteiger partial charge on any atom is -0.423 e. The standard InChI is InChI=1S/C12H18BNO2S/c15-13(16)12-5-2-1-4-11(12)10-14-6-3-8-17-9-7-14/h1-2,4-5,15-16H,3,6-10H2. The fourth-order valence-electron chi connectivity index (χ4n) is 2.13. The zero-order valence-corrected chi connectivity index (χ0v) is 10.7. The summed E-state index contributed by atoms with van der Waals surface area (Å²) in [6.45, 7) is 3.00. The van der Waals surface area contributed by atoms with E-state index in [9.17, 15) is 10.0 Å². The number of hydrogen-bond donors (Lipinski definition) is 2. The molecular formula is C12H18BNO2S. The predicted molar refractivity (Wildman–Crippen MR) is 73.5 cm³/mol. The van der Waals surface area contributed by atoms with Crippen LogP contribution in [-0.4, -0.2) is 46.7 Å². The summed E-state index contributed by atoms with van der Waals surface area (Å²) < 4.78 is 0. The fourth-order valence-corrected chi connectivity index (χ4v) is 3.05. The van der Waals surface area contributed by atoms with Crippen LogP contribution in [0.1, 0.15) is 12.0 Å². The van der Waals surface area contributed by atoms with Gasteiger partial charge in [0.05, 0.1) is 0 Å². The molecule has 0 aromatic heterocycles. The summed E-state index contributed by atoms with van der Waals surface area (Å²) in [5.74, 6) is 2.41. The fraction of sp³-hybridized carbons (Fsp3) is 0.500. The van der Waals surface area contributed by atoms with Crippen molar-refractivity contribution in [3.63, 3.8) is 0 Å². The first-order chi connectivity index (χ1) is 8.27. The van der Waals surface area contributed by atoms with Gasteiger partial charge in [0.25, 0.3) is 0 Å². The summed E-state index contributed by atoms with van der Waals surface area (Å²) in [5, 5.41) is 18.6. The van der Waals surface area contributed by atoms with Crippen LogP contribution < -0.4 is 5.46 Å². The first kappa shape index (κ1) is 13.0. The van der Waals surface area contributed by atoms with E-state index >= 15 is 0 Å². The number of hydrogen-bond acceptors (Lipinski definition) is 4. The number of nitrogens with zero attached hydrogens (tertiary/aromatic N) is 1. The van der Waals surface area contributed by atoms with Gasteiger partial charge in [0.1, 0.15) is 0 Å². The van der Waals surface area contributed by atoms with Gasteiger partial charge in [0.15, 0.2) is 0 Å². The highest BCUT2D eigenvalue weighted by Crippen LogP contribution is 2.12. The van der Waals surface area contributed by atoms with Crippen molar-refractivity contribution in [2.45, 2.75) is 13.0 Å². The number of benzene rings is 1. The molecule has 0 amide bonds. The molecule has 1 aliphatic rings. The molecule has 1 aromatic carbocycles. The minimum atomic E-state index is -1.37. The minimum absolute atomic E-state index is 0.629. The smallest absolute Gasteiger partial charge is 0.423 e. The van der Waals surface area contributed by atoms with E-state index in [1.807, 2.05) is 30.0 Å². The molecule has 0 bridgehead atoms. The molecule has 0 saturated carbocycles. The number of thioether (sulfide) groups is 1. The van der Waals surface area contributed by atoms with E-state index in [2.05, 4.69) is 4.90 Å². The molecule has 0 unspecified atom stereocenters. The zero-order chi connectivity index (χ0) is 12.1. The van der Waals surface area contributed by atoms with Crippen LogP contribution in [0.15, 0.2) is 24.3 Å². The molecule has 0 spiro atoms. The second-order valence-electron chi connectivity index (χ2n) is 4.31. The molecule has 92 valence electrons. The van der Waals surface area contributed by atoms with E-state index in [4.69, 9.17) is 0 Å². The molecule has 2 rings (SSSR count). The van der Waals surface area contributed by atoms with Crippen LogP contribution in [-0.2, 0) is 6.54 Å². The summed E-state index contributed by atoms with van der Waals surface area (Å²) >= 11 is 2.00. The van der Waals surface area contributed by atoms with Gasteiger partial charge in [-0.05, 0) is 29.7 Å². The molecule has 5 heteroatoms. The van der Waals surface area contributed by atoms with Gasteiger partial charge in [0.2, 0.25) is 0 Å². The van der Waals surface area contributed by atoms with Crippen molar-refractivity contribution in [2.75, 3.05) is 24.6 Å². The Labute approximate surface area is 107 Å². The lowest BCUT2D eigenvalue weighted by Crippen LogP contribution is -2.36. The Bertz CT molecular complexity index is 354. The molecule has 0 atom stereocenters. The third kappa shape index (κ3) is 3.74. The lowest BCUT2D eigenvalue weighted by Gasteiger charge is -2.21. The molecule has 17 heavy (non-hydrogen) atoms. The maximum absolute atomic E-state index is 9.32. The molecule has 2 N–H and O–H groups in total. The van der Waals surface area contributed by atoms with Crippen LogP contribution >= 0.6 is 11.8 Å². The molecule has 1 heterocycles. The summed E-state index contributed by atoms with van der Waals surface area (Å²) in [5.41, 5.74) is 1.65. The van der Waals surface area contributed by atoms with Crippen molar-refractivity contribution in [1.29, 1.82) is 0 Å². The van der Waals surface area contributed by atoms with Crippen molar-refractivity contribution in [1.82, 2.24) is 4.90 Å². The average molecular weight is 251 g/mol. The van der Waals surface area contributed by atoms with Gasteiger partial charge in [-0.1, -0.05) is 24.3 Å². The first-order valence-corrected chi connectivity index (χ1v) is 7.17. The Hall–Kier alpha value is -0.485. The Morgan fingerprint density at radius 2 is 2.00 bits per heavy atom. The third-order valence-electron chi connectivity index (χ3n) is 3.04. The Morgan fingerprint density at radius 3 is 2.82 bits per heavy atom. The molecule has 1 fully saturated rings. The quantitative estimate of drug-likeness (QED) is 0.759. The van der Waals surface area contributed by atoms with Crippen molar-refractivity contribution < 1.29 is 10.0 Å². The summed E-state index contributed by atoms with van der Waals surface area (Å²) in [6, 6.07) is 7.56. The van der Waals surface area contributed by atoms with Crippen molar-refractivity contribution in [2.24, 2.45) is 0 Å². The summed E-state index contributed by atoms with van der Waals surface area (Å²) in [7, 11) is -1.37. The van der Waals surface area contributed by atoms with Gasteiger partial charge in [-0.25, -0.2) is 0 Å². The van der Waals surface area contributed by atoms with Crippen LogP contribution in [0.2, 0.25) is 0 Å². The normalized spacial score (nSPS) is 17.8. The Kier molecular flexibility index (Phi) is 4.92. The maximum Gasteiger partial charge on any atom is 0.488 e. The topological polar surface area (TPSA) is 43.7 Å².